The summed E-state index contributed by atoms with van der Waals surface area (Å²) < 4.78 is 30.7. The number of methoxy groups -OCH3 is 1. The summed E-state index contributed by atoms with van der Waals surface area (Å²) in [5, 5.41) is 8.81. The molecule has 10 heteroatoms. The molecule has 8 nitrogen and oxygen atoms in total. The first-order valence-electron chi connectivity index (χ1n) is 9.88. The Morgan fingerprint density at radius 2 is 2.03 bits per heavy atom. The lowest BCUT2D eigenvalue weighted by Gasteiger charge is -2.10. The first-order chi connectivity index (χ1) is 14.8. The second kappa shape index (κ2) is 10.2. The van der Waals surface area contributed by atoms with Crippen LogP contribution in [0, 0.1) is 0 Å². The van der Waals surface area contributed by atoms with Gasteiger partial charge in [-0.2, -0.15) is 0 Å². The zero-order valence-corrected chi connectivity index (χ0v) is 19.1. The number of nitrogens with two attached hydrogens (primary N) is 1. The maximum atomic E-state index is 12.4. The van der Waals surface area contributed by atoms with Crippen LogP contribution in [0.3, 0.4) is 0 Å². The van der Waals surface area contributed by atoms with E-state index in [1.165, 1.54) is 23.9 Å². The third kappa shape index (κ3) is 5.78. The van der Waals surface area contributed by atoms with Crippen LogP contribution in [0.25, 0.3) is 11.0 Å². The van der Waals surface area contributed by atoms with Gasteiger partial charge < -0.3 is 14.6 Å². The first kappa shape index (κ1) is 23.1. The third-order valence-corrected chi connectivity index (χ3v) is 6.64. The lowest BCUT2D eigenvalue weighted by atomic mass is 10.2. The molecule has 0 aliphatic carbocycles. The fourth-order valence-corrected chi connectivity index (χ4v) is 4.54. The minimum Gasteiger partial charge on any atom is -0.496 e. The van der Waals surface area contributed by atoms with Gasteiger partial charge in [0.2, 0.25) is 15.9 Å². The summed E-state index contributed by atoms with van der Waals surface area (Å²) in [6, 6.07) is 12.2. The van der Waals surface area contributed by atoms with E-state index in [0.717, 1.165) is 36.2 Å². The molecule has 0 atom stereocenters. The molecular formula is C21H26N4O4S2. The summed E-state index contributed by atoms with van der Waals surface area (Å²) in [5.74, 6) is 0.782. The van der Waals surface area contributed by atoms with Crippen LogP contribution in [0.2, 0.25) is 0 Å². The van der Waals surface area contributed by atoms with Crippen molar-refractivity contribution in [2.45, 2.75) is 42.9 Å². The molecule has 3 aromatic rings. The molecule has 0 bridgehead atoms. The number of aryl methyl sites for hydroxylation is 1. The lowest BCUT2D eigenvalue weighted by molar-refractivity contribution is -0.118. The van der Waals surface area contributed by atoms with Gasteiger partial charge in [0.1, 0.15) is 5.75 Å². The number of unbranched alkanes of at least 4 members (excludes halogenated alkanes) is 1. The largest absolute Gasteiger partial charge is 0.496 e. The van der Waals surface area contributed by atoms with E-state index >= 15 is 0 Å². The maximum absolute atomic E-state index is 12.4. The van der Waals surface area contributed by atoms with Crippen LogP contribution in [0.4, 0.5) is 0 Å². The SMILES string of the molecule is CCCCn1c(SCC(=O)NCc2ccccc2OC)nc2cc(S(N)(=O)=O)ccc21. The van der Waals surface area contributed by atoms with Gasteiger partial charge in [0.05, 0.1) is 28.8 Å². The number of thioether (sulfide) groups is 1. The van der Waals surface area contributed by atoms with Crippen molar-refractivity contribution in [3.05, 3.63) is 48.0 Å². The van der Waals surface area contributed by atoms with E-state index in [0.29, 0.717) is 17.2 Å². The number of nitrogens with one attached hydrogen (secondary N) is 1. The predicted octanol–water partition coefficient (Wildman–Crippen LogP) is 2.90. The number of hydrogen-bond acceptors (Lipinski definition) is 6. The van der Waals surface area contributed by atoms with E-state index in [4.69, 9.17) is 9.88 Å². The van der Waals surface area contributed by atoms with Gasteiger partial charge in [0.15, 0.2) is 5.16 Å². The Balaban J connectivity index is 1.74. The van der Waals surface area contributed by atoms with Crippen molar-refractivity contribution in [2.24, 2.45) is 5.14 Å². The molecule has 3 N–H and O–H groups in total. The average molecular weight is 463 g/mol. The van der Waals surface area contributed by atoms with Gasteiger partial charge in [-0.1, -0.05) is 43.3 Å². The molecule has 0 saturated carbocycles. The van der Waals surface area contributed by atoms with Gasteiger partial charge in [0.25, 0.3) is 0 Å². The Morgan fingerprint density at radius 1 is 1.26 bits per heavy atom. The lowest BCUT2D eigenvalue weighted by Crippen LogP contribution is -2.25. The number of ether oxygens (including phenoxy) is 1. The van der Waals surface area contributed by atoms with Crippen molar-refractivity contribution >= 4 is 38.7 Å². The molecule has 31 heavy (non-hydrogen) atoms. The Hall–Kier alpha value is -2.56. The Kier molecular flexibility index (Phi) is 7.58. The molecule has 0 fully saturated rings. The van der Waals surface area contributed by atoms with Crippen LogP contribution >= 0.6 is 11.8 Å². The molecule has 0 radical (unpaired) electrons. The van der Waals surface area contributed by atoms with Crippen LogP contribution in [0.15, 0.2) is 52.5 Å². The quantitative estimate of drug-likeness (QED) is 0.448. The summed E-state index contributed by atoms with van der Waals surface area (Å²) in [6.07, 6.45) is 1.94. The molecule has 0 saturated heterocycles. The van der Waals surface area contributed by atoms with Gasteiger partial charge in [0, 0.05) is 18.7 Å². The number of benzene rings is 2. The molecule has 0 unspecified atom stereocenters. The van der Waals surface area contributed by atoms with Crippen molar-refractivity contribution < 1.29 is 17.9 Å². The Morgan fingerprint density at radius 3 is 2.74 bits per heavy atom. The Bertz CT molecular complexity index is 1180. The fourth-order valence-electron chi connectivity index (χ4n) is 3.13. The summed E-state index contributed by atoms with van der Waals surface area (Å²) >= 11 is 1.32. The maximum Gasteiger partial charge on any atom is 0.238 e. The third-order valence-electron chi connectivity index (χ3n) is 4.75. The van der Waals surface area contributed by atoms with E-state index in [9.17, 15) is 13.2 Å². The molecule has 1 amide bonds. The minimum atomic E-state index is -3.81. The molecule has 166 valence electrons. The van der Waals surface area contributed by atoms with E-state index in [1.54, 1.807) is 13.2 Å². The highest BCUT2D eigenvalue weighted by molar-refractivity contribution is 7.99. The highest BCUT2D eigenvalue weighted by Gasteiger charge is 2.16. The van der Waals surface area contributed by atoms with E-state index in [2.05, 4.69) is 17.2 Å². The van der Waals surface area contributed by atoms with Crippen molar-refractivity contribution in [3.8, 4) is 5.75 Å². The molecule has 2 aromatic carbocycles. The fraction of sp³-hybridized carbons (Fsp3) is 0.333. The number of primary sulfonamides is 1. The number of fused-ring (bicyclic) bond motifs is 1. The number of carbonyl (C=O) groups is 1. The topological polar surface area (TPSA) is 116 Å². The number of para-hydroxylation sites is 1. The number of nitrogens with zero attached hydrogens (tertiary/aromatic N) is 2. The van der Waals surface area contributed by atoms with Crippen molar-refractivity contribution in [1.29, 1.82) is 0 Å². The van der Waals surface area contributed by atoms with Crippen LogP contribution in [0.1, 0.15) is 25.3 Å². The zero-order valence-electron chi connectivity index (χ0n) is 17.5. The molecule has 1 aromatic heterocycles. The Labute approximate surface area is 186 Å². The summed E-state index contributed by atoms with van der Waals surface area (Å²) in [6.45, 7) is 3.19. The molecular weight excluding hydrogens is 436 g/mol. The zero-order chi connectivity index (χ0) is 22.4. The number of rotatable bonds is 10. The monoisotopic (exact) mass is 462 g/mol. The van der Waals surface area contributed by atoms with E-state index in [-0.39, 0.29) is 16.6 Å². The molecule has 1 heterocycles. The normalized spacial score (nSPS) is 11.6. The predicted molar refractivity (Wildman–Crippen MR) is 122 cm³/mol. The van der Waals surface area contributed by atoms with E-state index in [1.807, 2.05) is 28.8 Å². The van der Waals surface area contributed by atoms with Crippen LogP contribution in [-0.2, 0) is 27.9 Å². The second-order valence-corrected chi connectivity index (χ2v) is 9.48. The first-order valence-corrected chi connectivity index (χ1v) is 12.4. The van der Waals surface area contributed by atoms with Gasteiger partial charge in [-0.15, -0.1) is 0 Å². The number of aromatic nitrogens is 2. The van der Waals surface area contributed by atoms with Gasteiger partial charge in [-0.25, -0.2) is 18.5 Å². The highest BCUT2D eigenvalue weighted by atomic mass is 32.2. The van der Waals surface area contributed by atoms with Crippen LogP contribution in [0.5, 0.6) is 5.75 Å². The van der Waals surface area contributed by atoms with Crippen molar-refractivity contribution in [3.63, 3.8) is 0 Å². The number of imidazole rings is 1. The number of carbonyl (C=O) groups excluding carboxylic acids is 1. The molecule has 0 aliphatic heterocycles. The van der Waals surface area contributed by atoms with Gasteiger partial charge in [-0.3, -0.25) is 4.79 Å². The highest BCUT2D eigenvalue weighted by Crippen LogP contribution is 2.26. The van der Waals surface area contributed by atoms with Crippen LogP contribution in [-0.4, -0.2) is 36.7 Å². The average Bonchev–Trinajstić information content (AvgIpc) is 3.11. The standard InChI is InChI=1S/C21H26N4O4S2/c1-3-4-11-25-18-10-9-16(31(22,27)28)12-17(18)24-21(25)30-14-20(26)23-13-15-7-5-6-8-19(15)29-2/h5-10,12H,3-4,11,13-14H2,1-2H3,(H,23,26)(H2,22,27,28). The van der Waals surface area contributed by atoms with Crippen LogP contribution < -0.4 is 15.2 Å². The number of hydrogen-bond donors (Lipinski definition) is 2. The molecule has 0 spiro atoms. The number of sulfonamides is 1. The minimum absolute atomic E-state index is 0.0197. The van der Waals surface area contributed by atoms with E-state index < -0.39 is 10.0 Å². The molecule has 3 rings (SSSR count). The van der Waals surface area contributed by atoms with Crippen molar-refractivity contribution in [1.82, 2.24) is 14.9 Å². The number of amides is 1. The van der Waals surface area contributed by atoms with Gasteiger partial charge in [-0.05, 0) is 30.7 Å². The smallest absolute Gasteiger partial charge is 0.238 e. The summed E-state index contributed by atoms with van der Waals surface area (Å²) in [5.41, 5.74) is 2.26. The molecule has 0 aliphatic rings. The summed E-state index contributed by atoms with van der Waals surface area (Å²) in [4.78, 5) is 17.0. The van der Waals surface area contributed by atoms with Gasteiger partial charge >= 0.3 is 0 Å². The second-order valence-electron chi connectivity index (χ2n) is 6.97. The van der Waals surface area contributed by atoms with Crippen molar-refractivity contribution in [2.75, 3.05) is 12.9 Å². The summed E-state index contributed by atoms with van der Waals surface area (Å²) in [7, 11) is -2.21.